The molecule has 2 rings (SSSR count). The molecule has 0 radical (unpaired) electrons. The summed E-state index contributed by atoms with van der Waals surface area (Å²) in [4.78, 5) is 13.5. The number of amides is 1. The molecule has 19 heavy (non-hydrogen) atoms. The number of nitrogens with zero attached hydrogens (tertiary/aromatic N) is 1. The van der Waals surface area contributed by atoms with Gasteiger partial charge in [-0.1, -0.05) is 0 Å². The first kappa shape index (κ1) is 13.9. The Morgan fingerprint density at radius 3 is 2.74 bits per heavy atom. The molecule has 0 bridgehead atoms. The maximum absolute atomic E-state index is 11.8. The Hall–Kier alpha value is -1.49. The molecule has 1 amide bonds. The zero-order valence-electron chi connectivity index (χ0n) is 12.0. The zero-order chi connectivity index (χ0) is 14.0. The van der Waals surface area contributed by atoms with Crippen LogP contribution in [0.25, 0.3) is 0 Å². The first-order valence-electron chi connectivity index (χ1n) is 6.61. The molecule has 1 atom stereocenters. The van der Waals surface area contributed by atoms with Crippen molar-refractivity contribution in [3.63, 3.8) is 0 Å². The number of rotatable bonds is 3. The van der Waals surface area contributed by atoms with Crippen molar-refractivity contribution >= 4 is 6.09 Å². The molecule has 0 spiro atoms. The van der Waals surface area contributed by atoms with Crippen molar-refractivity contribution in [2.45, 2.75) is 45.4 Å². The number of hydrogen-bond acceptors (Lipinski definition) is 4. The smallest absolute Gasteiger partial charge is 0.410 e. The fraction of sp³-hybridized carbons (Fsp3) is 0.643. The van der Waals surface area contributed by atoms with Gasteiger partial charge in [0.15, 0.2) is 0 Å². The molecule has 1 aliphatic heterocycles. The van der Waals surface area contributed by atoms with Gasteiger partial charge in [0.25, 0.3) is 0 Å². The van der Waals surface area contributed by atoms with Gasteiger partial charge in [0.1, 0.15) is 5.60 Å². The molecule has 5 heteroatoms. The minimum atomic E-state index is -0.431. The van der Waals surface area contributed by atoms with Gasteiger partial charge in [-0.15, -0.1) is 0 Å². The van der Waals surface area contributed by atoms with Crippen molar-refractivity contribution in [2.24, 2.45) is 0 Å². The summed E-state index contributed by atoms with van der Waals surface area (Å²) in [5.74, 6) is 0. The highest BCUT2D eigenvalue weighted by atomic mass is 16.6. The van der Waals surface area contributed by atoms with Gasteiger partial charge in [0.2, 0.25) is 0 Å². The highest BCUT2D eigenvalue weighted by Gasteiger charge is 2.34. The number of carbonyl (C=O) groups is 1. The third-order valence-corrected chi connectivity index (χ3v) is 3.06. The zero-order valence-corrected chi connectivity index (χ0v) is 12.0. The van der Waals surface area contributed by atoms with Gasteiger partial charge in [0.05, 0.1) is 12.5 Å². The minimum absolute atomic E-state index is 0.226. The summed E-state index contributed by atoms with van der Waals surface area (Å²) in [6, 6.07) is 2.49. The maximum atomic E-state index is 11.8. The summed E-state index contributed by atoms with van der Waals surface area (Å²) in [6.07, 6.45) is 3.17. The molecule has 2 heterocycles. The van der Waals surface area contributed by atoms with Crippen LogP contribution in [-0.2, 0) is 4.74 Å². The van der Waals surface area contributed by atoms with Crippen LogP contribution >= 0.6 is 0 Å². The van der Waals surface area contributed by atoms with Gasteiger partial charge in [-0.2, -0.15) is 0 Å². The van der Waals surface area contributed by atoms with Gasteiger partial charge in [-0.3, -0.25) is 0 Å². The highest BCUT2D eigenvalue weighted by Crippen LogP contribution is 2.19. The second kappa shape index (κ2) is 5.25. The lowest BCUT2D eigenvalue weighted by Crippen LogP contribution is -2.60. The predicted octanol–water partition coefficient (Wildman–Crippen LogP) is 2.55. The van der Waals surface area contributed by atoms with Crippen LogP contribution < -0.4 is 5.32 Å². The van der Waals surface area contributed by atoms with Crippen LogP contribution in [0.1, 0.15) is 39.3 Å². The summed E-state index contributed by atoms with van der Waals surface area (Å²) < 4.78 is 10.4. The van der Waals surface area contributed by atoms with E-state index >= 15 is 0 Å². The molecule has 1 fully saturated rings. The molecule has 1 unspecified atom stereocenters. The van der Waals surface area contributed by atoms with Gasteiger partial charge < -0.3 is 19.4 Å². The molecule has 106 valence electrons. The lowest BCUT2D eigenvalue weighted by molar-refractivity contribution is 0.00433. The van der Waals surface area contributed by atoms with Crippen molar-refractivity contribution in [1.82, 2.24) is 10.2 Å². The monoisotopic (exact) mass is 266 g/mol. The van der Waals surface area contributed by atoms with Crippen molar-refractivity contribution in [3.05, 3.63) is 24.2 Å². The molecule has 0 saturated carbocycles. The molecule has 1 saturated heterocycles. The topological polar surface area (TPSA) is 54.7 Å². The van der Waals surface area contributed by atoms with Crippen molar-refractivity contribution in [1.29, 1.82) is 0 Å². The molecular weight excluding hydrogens is 244 g/mol. The number of ether oxygens (including phenoxy) is 1. The summed E-state index contributed by atoms with van der Waals surface area (Å²) in [5, 5.41) is 3.46. The van der Waals surface area contributed by atoms with E-state index in [0.29, 0.717) is 19.1 Å². The number of hydrogen-bond donors (Lipinski definition) is 1. The average Bonchev–Trinajstić information content (AvgIpc) is 2.72. The van der Waals surface area contributed by atoms with Crippen LogP contribution in [0, 0.1) is 0 Å². The third kappa shape index (κ3) is 3.73. The summed E-state index contributed by atoms with van der Waals surface area (Å²) in [7, 11) is 0. The van der Waals surface area contributed by atoms with E-state index in [1.54, 1.807) is 17.4 Å². The van der Waals surface area contributed by atoms with E-state index in [-0.39, 0.29) is 12.1 Å². The first-order chi connectivity index (χ1) is 8.85. The second-order valence-corrected chi connectivity index (χ2v) is 6.03. The van der Waals surface area contributed by atoms with Crippen LogP contribution in [0.15, 0.2) is 23.0 Å². The molecule has 1 N–H and O–H groups in total. The van der Waals surface area contributed by atoms with Crippen molar-refractivity contribution in [2.75, 3.05) is 13.1 Å². The largest absolute Gasteiger partial charge is 0.472 e. The predicted molar refractivity (Wildman–Crippen MR) is 71.9 cm³/mol. The summed E-state index contributed by atoms with van der Waals surface area (Å²) in [6.45, 7) is 9.10. The number of furan rings is 1. The Labute approximate surface area is 113 Å². The Morgan fingerprint density at radius 1 is 1.53 bits per heavy atom. The quantitative estimate of drug-likeness (QED) is 0.913. The average molecular weight is 266 g/mol. The standard InChI is InChI=1S/C14H22N2O3/c1-10(11-5-6-18-9-11)15-12-7-16(8-12)13(17)19-14(2,3)4/h5-6,9-10,12,15H,7-8H2,1-4H3. The molecular formula is C14H22N2O3. The summed E-state index contributed by atoms with van der Waals surface area (Å²) >= 11 is 0. The molecule has 1 aromatic rings. The Kier molecular flexibility index (Phi) is 3.85. The minimum Gasteiger partial charge on any atom is -0.472 e. The van der Waals surface area contributed by atoms with Crippen molar-refractivity contribution in [3.8, 4) is 0 Å². The number of nitrogens with one attached hydrogen (secondary N) is 1. The molecule has 0 aromatic carbocycles. The molecule has 0 aliphatic carbocycles. The Bertz CT molecular complexity index is 416. The lowest BCUT2D eigenvalue weighted by atomic mass is 10.1. The third-order valence-electron chi connectivity index (χ3n) is 3.06. The Morgan fingerprint density at radius 2 is 2.21 bits per heavy atom. The van der Waals surface area contributed by atoms with Gasteiger partial charge in [-0.05, 0) is 33.8 Å². The summed E-state index contributed by atoms with van der Waals surface area (Å²) in [5.41, 5.74) is 0.690. The first-order valence-corrected chi connectivity index (χ1v) is 6.61. The van der Waals surface area contributed by atoms with Gasteiger partial charge >= 0.3 is 6.09 Å². The van der Waals surface area contributed by atoms with E-state index in [0.717, 1.165) is 5.56 Å². The second-order valence-electron chi connectivity index (χ2n) is 6.03. The number of carbonyl (C=O) groups excluding carboxylic acids is 1. The Balaban J connectivity index is 1.73. The fourth-order valence-corrected chi connectivity index (χ4v) is 2.03. The number of likely N-dealkylation sites (tertiary alicyclic amines) is 1. The van der Waals surface area contributed by atoms with Crippen LogP contribution in [0.4, 0.5) is 4.79 Å². The van der Waals surface area contributed by atoms with E-state index in [4.69, 9.17) is 9.15 Å². The molecule has 5 nitrogen and oxygen atoms in total. The SMILES string of the molecule is CC(NC1CN(C(=O)OC(C)(C)C)C1)c1ccoc1. The van der Waals surface area contributed by atoms with Crippen LogP contribution in [0.5, 0.6) is 0 Å². The molecule has 1 aromatic heterocycles. The molecule has 1 aliphatic rings. The lowest BCUT2D eigenvalue weighted by Gasteiger charge is -2.41. The van der Waals surface area contributed by atoms with E-state index in [1.165, 1.54) is 0 Å². The van der Waals surface area contributed by atoms with E-state index in [2.05, 4.69) is 12.2 Å². The highest BCUT2D eigenvalue weighted by molar-refractivity contribution is 5.69. The normalized spacial score (nSPS) is 18.0. The van der Waals surface area contributed by atoms with Crippen LogP contribution in [0.2, 0.25) is 0 Å². The van der Waals surface area contributed by atoms with Crippen molar-refractivity contribution < 1.29 is 13.9 Å². The fourth-order valence-electron chi connectivity index (χ4n) is 2.03. The van der Waals surface area contributed by atoms with Gasteiger partial charge in [0, 0.05) is 30.7 Å². The van der Waals surface area contributed by atoms with Crippen LogP contribution in [-0.4, -0.2) is 35.7 Å². The van der Waals surface area contributed by atoms with Crippen LogP contribution in [0.3, 0.4) is 0 Å². The van der Waals surface area contributed by atoms with E-state index < -0.39 is 5.60 Å². The van der Waals surface area contributed by atoms with E-state index in [9.17, 15) is 4.79 Å². The van der Waals surface area contributed by atoms with Gasteiger partial charge in [-0.25, -0.2) is 4.79 Å². The maximum Gasteiger partial charge on any atom is 0.410 e. The van der Waals surface area contributed by atoms with E-state index in [1.807, 2.05) is 26.8 Å².